The molecule has 0 saturated heterocycles. The molecule has 0 spiro atoms. The molecule has 1 aromatic carbocycles. The van der Waals surface area contributed by atoms with Crippen molar-refractivity contribution >= 4 is 15.9 Å². The van der Waals surface area contributed by atoms with Crippen molar-refractivity contribution < 1.29 is 9.13 Å². The van der Waals surface area contributed by atoms with Crippen LogP contribution in [0.15, 0.2) is 22.7 Å². The predicted molar refractivity (Wildman–Crippen MR) is 62.8 cm³/mol. The van der Waals surface area contributed by atoms with Crippen LogP contribution in [0.25, 0.3) is 0 Å². The van der Waals surface area contributed by atoms with Crippen LogP contribution in [0, 0.1) is 0 Å². The summed E-state index contributed by atoms with van der Waals surface area (Å²) in [4.78, 5) is 0. The van der Waals surface area contributed by atoms with E-state index < -0.39 is 5.67 Å². The monoisotopic (exact) mass is 275 g/mol. The van der Waals surface area contributed by atoms with Crippen LogP contribution in [0.3, 0.4) is 0 Å². The molecular formula is C11H15BrFNO. The average Bonchev–Trinajstić information content (AvgIpc) is 2.28. The summed E-state index contributed by atoms with van der Waals surface area (Å²) >= 11 is 3.31. The number of alkyl halides is 1. The molecule has 1 aromatic rings. The van der Waals surface area contributed by atoms with Gasteiger partial charge in [0.25, 0.3) is 0 Å². The first-order valence-corrected chi connectivity index (χ1v) is 5.59. The standard InChI is InChI=1S/C11H15BrFNO/c1-3-11(13,7-14)9-6-8(12)4-5-10(9)15-2/h4-6H,3,7,14H2,1-2H3. The summed E-state index contributed by atoms with van der Waals surface area (Å²) < 4.78 is 20.3. The molecule has 0 fully saturated rings. The number of hydrogen-bond donors (Lipinski definition) is 1. The number of methoxy groups -OCH3 is 1. The van der Waals surface area contributed by atoms with Gasteiger partial charge in [-0.05, 0) is 24.6 Å². The van der Waals surface area contributed by atoms with Gasteiger partial charge in [-0.15, -0.1) is 0 Å². The lowest BCUT2D eigenvalue weighted by atomic mass is 9.92. The highest BCUT2D eigenvalue weighted by molar-refractivity contribution is 9.10. The van der Waals surface area contributed by atoms with Gasteiger partial charge in [-0.2, -0.15) is 0 Å². The van der Waals surface area contributed by atoms with E-state index in [9.17, 15) is 4.39 Å². The van der Waals surface area contributed by atoms with E-state index in [1.54, 1.807) is 19.1 Å². The van der Waals surface area contributed by atoms with Gasteiger partial charge >= 0.3 is 0 Å². The Morgan fingerprint density at radius 2 is 2.20 bits per heavy atom. The molecule has 0 aliphatic heterocycles. The normalized spacial score (nSPS) is 14.7. The summed E-state index contributed by atoms with van der Waals surface area (Å²) in [5.41, 5.74) is 4.46. The minimum absolute atomic E-state index is 0.0453. The Bertz CT molecular complexity index is 339. The molecule has 0 bridgehead atoms. The van der Waals surface area contributed by atoms with Crippen LogP contribution < -0.4 is 10.5 Å². The van der Waals surface area contributed by atoms with E-state index in [0.717, 1.165) is 4.47 Å². The SMILES string of the molecule is CCC(F)(CN)c1cc(Br)ccc1OC. The highest BCUT2D eigenvalue weighted by atomic mass is 79.9. The van der Waals surface area contributed by atoms with Gasteiger partial charge in [0, 0.05) is 16.6 Å². The third kappa shape index (κ3) is 2.49. The summed E-state index contributed by atoms with van der Waals surface area (Å²) in [6, 6.07) is 5.27. The molecule has 0 amide bonds. The summed E-state index contributed by atoms with van der Waals surface area (Å²) in [5.74, 6) is 0.535. The van der Waals surface area contributed by atoms with Crippen LogP contribution in [-0.4, -0.2) is 13.7 Å². The third-order valence-electron chi connectivity index (χ3n) is 2.53. The summed E-state index contributed by atoms with van der Waals surface area (Å²) in [7, 11) is 1.53. The van der Waals surface area contributed by atoms with E-state index in [-0.39, 0.29) is 6.54 Å². The fourth-order valence-electron chi connectivity index (χ4n) is 1.48. The molecule has 0 aliphatic rings. The number of nitrogens with two attached hydrogens (primary N) is 1. The summed E-state index contributed by atoms with van der Waals surface area (Å²) in [5, 5.41) is 0. The van der Waals surface area contributed by atoms with Gasteiger partial charge in [-0.3, -0.25) is 0 Å². The molecule has 1 atom stereocenters. The van der Waals surface area contributed by atoms with Gasteiger partial charge in [0.15, 0.2) is 5.67 Å². The van der Waals surface area contributed by atoms with E-state index in [0.29, 0.717) is 17.7 Å². The molecule has 0 aliphatic carbocycles. The lowest BCUT2D eigenvalue weighted by molar-refractivity contribution is 0.163. The Morgan fingerprint density at radius 3 is 2.67 bits per heavy atom. The fourth-order valence-corrected chi connectivity index (χ4v) is 1.84. The zero-order valence-electron chi connectivity index (χ0n) is 8.89. The van der Waals surface area contributed by atoms with Crippen LogP contribution in [0.1, 0.15) is 18.9 Å². The van der Waals surface area contributed by atoms with Crippen molar-refractivity contribution in [2.24, 2.45) is 5.73 Å². The number of rotatable bonds is 4. The molecular weight excluding hydrogens is 261 g/mol. The molecule has 15 heavy (non-hydrogen) atoms. The van der Waals surface area contributed by atoms with Crippen LogP contribution >= 0.6 is 15.9 Å². The van der Waals surface area contributed by atoms with E-state index >= 15 is 0 Å². The second kappa shape index (κ2) is 4.94. The molecule has 2 N–H and O–H groups in total. The minimum atomic E-state index is -1.52. The first-order valence-electron chi connectivity index (χ1n) is 4.80. The highest BCUT2D eigenvalue weighted by Crippen LogP contribution is 2.36. The van der Waals surface area contributed by atoms with E-state index in [2.05, 4.69) is 15.9 Å². The number of hydrogen-bond acceptors (Lipinski definition) is 2. The largest absolute Gasteiger partial charge is 0.496 e. The highest BCUT2D eigenvalue weighted by Gasteiger charge is 2.31. The maximum atomic E-state index is 14.4. The zero-order valence-corrected chi connectivity index (χ0v) is 10.5. The molecule has 2 nitrogen and oxygen atoms in total. The first-order chi connectivity index (χ1) is 7.07. The van der Waals surface area contributed by atoms with E-state index in [1.807, 2.05) is 6.07 Å². The fraction of sp³-hybridized carbons (Fsp3) is 0.455. The van der Waals surface area contributed by atoms with Crippen LogP contribution in [0.4, 0.5) is 4.39 Å². The second-order valence-electron chi connectivity index (χ2n) is 3.37. The third-order valence-corrected chi connectivity index (χ3v) is 3.02. The van der Waals surface area contributed by atoms with Gasteiger partial charge in [0.05, 0.1) is 7.11 Å². The van der Waals surface area contributed by atoms with Crippen molar-refractivity contribution in [3.05, 3.63) is 28.2 Å². The van der Waals surface area contributed by atoms with Crippen molar-refractivity contribution in [1.82, 2.24) is 0 Å². The molecule has 0 radical (unpaired) electrons. The first kappa shape index (κ1) is 12.5. The molecule has 0 heterocycles. The lowest BCUT2D eigenvalue weighted by Gasteiger charge is -2.24. The Kier molecular flexibility index (Phi) is 4.11. The molecule has 1 unspecified atom stereocenters. The molecule has 1 rings (SSSR count). The quantitative estimate of drug-likeness (QED) is 0.917. The van der Waals surface area contributed by atoms with Gasteiger partial charge in [0.2, 0.25) is 0 Å². The predicted octanol–water partition coefficient (Wildman–Crippen LogP) is 2.99. The van der Waals surface area contributed by atoms with Crippen molar-refractivity contribution in [1.29, 1.82) is 0 Å². The maximum absolute atomic E-state index is 14.4. The van der Waals surface area contributed by atoms with E-state index in [1.165, 1.54) is 7.11 Å². The molecule has 84 valence electrons. The van der Waals surface area contributed by atoms with Crippen molar-refractivity contribution in [3.63, 3.8) is 0 Å². The lowest BCUT2D eigenvalue weighted by Crippen LogP contribution is -2.30. The second-order valence-corrected chi connectivity index (χ2v) is 4.28. The average molecular weight is 276 g/mol. The van der Waals surface area contributed by atoms with Crippen molar-refractivity contribution in [2.45, 2.75) is 19.0 Å². The number of benzene rings is 1. The van der Waals surface area contributed by atoms with Gasteiger partial charge in [-0.25, -0.2) is 4.39 Å². The zero-order chi connectivity index (χ0) is 11.5. The Hall–Kier alpha value is -0.610. The van der Waals surface area contributed by atoms with Crippen LogP contribution in [0.5, 0.6) is 5.75 Å². The number of ether oxygens (including phenoxy) is 1. The van der Waals surface area contributed by atoms with Crippen molar-refractivity contribution in [2.75, 3.05) is 13.7 Å². The van der Waals surface area contributed by atoms with Gasteiger partial charge in [-0.1, -0.05) is 22.9 Å². The van der Waals surface area contributed by atoms with Gasteiger partial charge in [0.1, 0.15) is 5.75 Å². The maximum Gasteiger partial charge on any atom is 0.151 e. The number of halogens is 2. The van der Waals surface area contributed by atoms with Crippen LogP contribution in [-0.2, 0) is 5.67 Å². The molecule has 0 aromatic heterocycles. The summed E-state index contributed by atoms with van der Waals surface area (Å²) in [6.45, 7) is 1.73. The topological polar surface area (TPSA) is 35.2 Å². The smallest absolute Gasteiger partial charge is 0.151 e. The Labute approximate surface area is 97.7 Å². The minimum Gasteiger partial charge on any atom is -0.496 e. The van der Waals surface area contributed by atoms with E-state index in [4.69, 9.17) is 10.5 Å². The molecule has 4 heteroatoms. The Balaban J connectivity index is 3.26. The Morgan fingerprint density at radius 1 is 1.53 bits per heavy atom. The van der Waals surface area contributed by atoms with Gasteiger partial charge < -0.3 is 10.5 Å². The summed E-state index contributed by atoms with van der Waals surface area (Å²) in [6.07, 6.45) is 0.330. The molecule has 0 saturated carbocycles. The van der Waals surface area contributed by atoms with Crippen LogP contribution in [0.2, 0.25) is 0 Å². The van der Waals surface area contributed by atoms with Crippen molar-refractivity contribution in [3.8, 4) is 5.75 Å².